The summed E-state index contributed by atoms with van der Waals surface area (Å²) >= 11 is 0. The van der Waals surface area contributed by atoms with E-state index in [0.29, 0.717) is 11.9 Å². The lowest BCUT2D eigenvalue weighted by Gasteiger charge is -2.17. The molecule has 2 N–H and O–H groups in total. The van der Waals surface area contributed by atoms with E-state index < -0.39 is 0 Å². The summed E-state index contributed by atoms with van der Waals surface area (Å²) in [5.41, 5.74) is 6.83. The number of aromatic nitrogens is 2. The first-order valence-corrected chi connectivity index (χ1v) is 5.27. The number of nitrogens with zero attached hydrogens (tertiary/aromatic N) is 2. The van der Waals surface area contributed by atoms with Crippen molar-refractivity contribution in [3.63, 3.8) is 0 Å². The fourth-order valence-corrected chi connectivity index (χ4v) is 1.79. The summed E-state index contributed by atoms with van der Waals surface area (Å²) in [5, 5.41) is 0. The van der Waals surface area contributed by atoms with Crippen molar-refractivity contribution in [2.45, 2.75) is 25.8 Å². The monoisotopic (exact) mass is 221 g/mol. The summed E-state index contributed by atoms with van der Waals surface area (Å²) in [6.07, 6.45) is 0.623. The molecule has 2 rings (SSSR count). The van der Waals surface area contributed by atoms with Crippen LogP contribution in [0, 0.1) is 5.82 Å². The topological polar surface area (TPSA) is 43.8 Å². The molecule has 0 bridgehead atoms. The number of hydrogen-bond acceptors (Lipinski definition) is 2. The molecule has 0 amide bonds. The van der Waals surface area contributed by atoms with E-state index in [1.807, 2.05) is 31.5 Å². The number of benzene rings is 1. The van der Waals surface area contributed by atoms with Gasteiger partial charge in [0, 0.05) is 19.0 Å². The minimum atomic E-state index is -0.342. The van der Waals surface area contributed by atoms with Crippen LogP contribution in [0.5, 0.6) is 0 Å². The molecule has 1 aromatic carbocycles. The normalized spacial score (nSPS) is 12.3. The van der Waals surface area contributed by atoms with Gasteiger partial charge in [-0.15, -0.1) is 0 Å². The van der Waals surface area contributed by atoms with Crippen LogP contribution >= 0.6 is 0 Å². The summed E-state index contributed by atoms with van der Waals surface area (Å²) in [5.74, 6) is 0.529. The van der Waals surface area contributed by atoms with Crippen molar-refractivity contribution in [3.05, 3.63) is 29.8 Å². The Morgan fingerprint density at radius 2 is 2.12 bits per heavy atom. The predicted molar refractivity (Wildman–Crippen MR) is 62.6 cm³/mol. The lowest BCUT2D eigenvalue weighted by Crippen LogP contribution is -2.35. The standard InChI is InChI=1S/C12H16FN3/c1-12(2,14)7-10-15-11-8(13)5-4-6-9(11)16(10)3/h4-6H,7,14H2,1-3H3. The Hall–Kier alpha value is -1.42. The molecule has 0 unspecified atom stereocenters. The number of fused-ring (bicyclic) bond motifs is 1. The van der Waals surface area contributed by atoms with Crippen LogP contribution in [-0.4, -0.2) is 15.1 Å². The molecule has 0 radical (unpaired) electrons. The molecule has 4 heteroatoms. The Morgan fingerprint density at radius 1 is 1.44 bits per heavy atom. The fourth-order valence-electron chi connectivity index (χ4n) is 1.79. The quantitative estimate of drug-likeness (QED) is 0.842. The zero-order chi connectivity index (χ0) is 11.9. The highest BCUT2D eigenvalue weighted by molar-refractivity contribution is 5.76. The predicted octanol–water partition coefficient (Wildman–Crippen LogP) is 1.99. The maximum absolute atomic E-state index is 13.5. The summed E-state index contributed by atoms with van der Waals surface area (Å²) in [4.78, 5) is 4.31. The van der Waals surface area contributed by atoms with Crippen LogP contribution in [0.15, 0.2) is 18.2 Å². The highest BCUT2D eigenvalue weighted by Crippen LogP contribution is 2.19. The van der Waals surface area contributed by atoms with E-state index in [1.165, 1.54) is 6.07 Å². The third-order valence-corrected chi connectivity index (χ3v) is 2.57. The summed E-state index contributed by atoms with van der Waals surface area (Å²) < 4.78 is 15.4. The van der Waals surface area contributed by atoms with Crippen LogP contribution < -0.4 is 5.73 Å². The smallest absolute Gasteiger partial charge is 0.151 e. The van der Waals surface area contributed by atoms with Crippen molar-refractivity contribution < 1.29 is 4.39 Å². The van der Waals surface area contributed by atoms with Crippen LogP contribution in [0.25, 0.3) is 11.0 Å². The van der Waals surface area contributed by atoms with Crippen molar-refractivity contribution >= 4 is 11.0 Å². The molecule has 1 heterocycles. The van der Waals surface area contributed by atoms with E-state index in [0.717, 1.165) is 11.3 Å². The Balaban J connectivity index is 2.56. The molecule has 16 heavy (non-hydrogen) atoms. The molecule has 0 spiro atoms. The molecule has 0 saturated heterocycles. The minimum absolute atomic E-state index is 0.283. The molecule has 0 saturated carbocycles. The lowest BCUT2D eigenvalue weighted by atomic mass is 10.0. The van der Waals surface area contributed by atoms with Crippen molar-refractivity contribution in [2.24, 2.45) is 12.8 Å². The molecular weight excluding hydrogens is 205 g/mol. The van der Waals surface area contributed by atoms with Gasteiger partial charge in [-0.1, -0.05) is 6.07 Å². The van der Waals surface area contributed by atoms with Gasteiger partial charge in [-0.05, 0) is 26.0 Å². The minimum Gasteiger partial charge on any atom is -0.331 e. The van der Waals surface area contributed by atoms with Gasteiger partial charge in [0.2, 0.25) is 0 Å². The van der Waals surface area contributed by atoms with E-state index in [1.54, 1.807) is 6.07 Å². The number of aryl methyl sites for hydroxylation is 1. The second-order valence-electron chi connectivity index (χ2n) is 4.86. The van der Waals surface area contributed by atoms with Gasteiger partial charge in [-0.25, -0.2) is 9.37 Å². The maximum Gasteiger partial charge on any atom is 0.151 e. The molecule has 0 aliphatic heterocycles. The Labute approximate surface area is 94.1 Å². The van der Waals surface area contributed by atoms with Crippen LogP contribution in [0.2, 0.25) is 0 Å². The second-order valence-corrected chi connectivity index (χ2v) is 4.86. The third-order valence-electron chi connectivity index (χ3n) is 2.57. The van der Waals surface area contributed by atoms with Gasteiger partial charge in [-0.3, -0.25) is 0 Å². The zero-order valence-electron chi connectivity index (χ0n) is 9.79. The van der Waals surface area contributed by atoms with Crippen LogP contribution in [0.4, 0.5) is 4.39 Å². The van der Waals surface area contributed by atoms with E-state index in [-0.39, 0.29) is 11.4 Å². The number of halogens is 1. The van der Waals surface area contributed by atoms with Gasteiger partial charge in [0.15, 0.2) is 5.82 Å². The molecule has 86 valence electrons. The first kappa shape index (κ1) is 11.1. The number of nitrogens with two attached hydrogens (primary N) is 1. The molecule has 0 aliphatic rings. The third kappa shape index (κ3) is 1.93. The van der Waals surface area contributed by atoms with Crippen LogP contribution in [0.1, 0.15) is 19.7 Å². The molecule has 1 aromatic heterocycles. The molecule has 3 nitrogen and oxygen atoms in total. The Morgan fingerprint density at radius 3 is 2.69 bits per heavy atom. The van der Waals surface area contributed by atoms with Gasteiger partial charge in [0.1, 0.15) is 11.3 Å². The maximum atomic E-state index is 13.5. The summed E-state index contributed by atoms with van der Waals surface area (Å²) in [7, 11) is 1.88. The first-order chi connectivity index (χ1) is 7.38. The van der Waals surface area contributed by atoms with Crippen molar-refractivity contribution in [1.82, 2.24) is 9.55 Å². The van der Waals surface area contributed by atoms with Crippen molar-refractivity contribution in [2.75, 3.05) is 0 Å². The van der Waals surface area contributed by atoms with Gasteiger partial charge in [-0.2, -0.15) is 0 Å². The average molecular weight is 221 g/mol. The SMILES string of the molecule is Cn1c(CC(C)(C)N)nc2c(F)cccc21. The van der Waals surface area contributed by atoms with Gasteiger partial charge < -0.3 is 10.3 Å². The van der Waals surface area contributed by atoms with Gasteiger partial charge in [0.25, 0.3) is 0 Å². The highest BCUT2D eigenvalue weighted by Gasteiger charge is 2.17. The largest absolute Gasteiger partial charge is 0.331 e. The van der Waals surface area contributed by atoms with Crippen molar-refractivity contribution in [3.8, 4) is 0 Å². The number of hydrogen-bond donors (Lipinski definition) is 1. The fraction of sp³-hybridized carbons (Fsp3) is 0.417. The number of para-hydroxylation sites is 1. The van der Waals surface area contributed by atoms with Gasteiger partial charge in [0.05, 0.1) is 5.52 Å². The number of rotatable bonds is 2. The van der Waals surface area contributed by atoms with E-state index in [9.17, 15) is 4.39 Å². The van der Waals surface area contributed by atoms with Crippen LogP contribution in [0.3, 0.4) is 0 Å². The van der Waals surface area contributed by atoms with E-state index in [4.69, 9.17) is 5.73 Å². The average Bonchev–Trinajstić information content (AvgIpc) is 2.44. The van der Waals surface area contributed by atoms with E-state index >= 15 is 0 Å². The van der Waals surface area contributed by atoms with Crippen molar-refractivity contribution in [1.29, 1.82) is 0 Å². The molecule has 0 atom stereocenters. The zero-order valence-corrected chi connectivity index (χ0v) is 9.79. The summed E-state index contributed by atoms with van der Waals surface area (Å²) in [6.45, 7) is 3.87. The molecule has 0 fully saturated rings. The second kappa shape index (κ2) is 3.56. The molecular formula is C12H16FN3. The van der Waals surface area contributed by atoms with E-state index in [2.05, 4.69) is 4.98 Å². The van der Waals surface area contributed by atoms with Gasteiger partial charge >= 0.3 is 0 Å². The highest BCUT2D eigenvalue weighted by atomic mass is 19.1. The Bertz CT molecular complexity index is 523. The Kier molecular flexibility index (Phi) is 2.46. The number of imidazole rings is 1. The molecule has 0 aliphatic carbocycles. The first-order valence-electron chi connectivity index (χ1n) is 5.27. The lowest BCUT2D eigenvalue weighted by molar-refractivity contribution is 0.495. The van der Waals surface area contributed by atoms with Crippen LogP contribution in [-0.2, 0) is 13.5 Å². The summed E-state index contributed by atoms with van der Waals surface area (Å²) in [6, 6.07) is 4.97. The molecule has 2 aromatic rings.